The number of anilines is 1. The standard InChI is InChI=1S/C16H16BrN3O2/c1-9-14(10(2)19(3)18-9)15(21)16(22)20-7-6-11-8-12(17)4-5-13(11)20/h4-5,8H,6-7H2,1-3H3. The predicted molar refractivity (Wildman–Crippen MR) is 87.2 cm³/mol. The smallest absolute Gasteiger partial charge is 0.299 e. The number of fused-ring (bicyclic) bond motifs is 1. The Bertz CT molecular complexity index is 795. The van der Waals surface area contributed by atoms with Gasteiger partial charge in [-0.25, -0.2) is 0 Å². The summed E-state index contributed by atoms with van der Waals surface area (Å²) < 4.78 is 2.61. The maximum absolute atomic E-state index is 12.6. The molecule has 0 spiro atoms. The van der Waals surface area contributed by atoms with E-state index < -0.39 is 11.7 Å². The Morgan fingerprint density at radius 2 is 2.00 bits per heavy atom. The van der Waals surface area contributed by atoms with E-state index in [2.05, 4.69) is 21.0 Å². The zero-order chi connectivity index (χ0) is 16.0. The Balaban J connectivity index is 1.95. The Morgan fingerprint density at radius 1 is 1.27 bits per heavy atom. The normalized spacial score (nSPS) is 13.4. The molecule has 1 aliphatic heterocycles. The van der Waals surface area contributed by atoms with Crippen LogP contribution in [0.3, 0.4) is 0 Å². The summed E-state index contributed by atoms with van der Waals surface area (Å²) in [6.45, 7) is 4.09. The number of ketones is 1. The maximum atomic E-state index is 12.6. The number of hydrogen-bond donors (Lipinski definition) is 0. The van der Waals surface area contributed by atoms with Crippen molar-refractivity contribution < 1.29 is 9.59 Å². The van der Waals surface area contributed by atoms with E-state index in [1.54, 1.807) is 30.5 Å². The van der Waals surface area contributed by atoms with Crippen LogP contribution in [0.1, 0.15) is 27.3 Å². The molecule has 0 saturated heterocycles. The van der Waals surface area contributed by atoms with Crippen molar-refractivity contribution in [2.75, 3.05) is 11.4 Å². The number of benzene rings is 1. The molecular formula is C16H16BrN3O2. The number of rotatable bonds is 2. The highest BCUT2D eigenvalue weighted by Gasteiger charge is 2.32. The first-order valence-electron chi connectivity index (χ1n) is 7.05. The summed E-state index contributed by atoms with van der Waals surface area (Å²) in [6, 6.07) is 5.75. The van der Waals surface area contributed by atoms with Gasteiger partial charge in [-0.1, -0.05) is 15.9 Å². The molecule has 22 heavy (non-hydrogen) atoms. The molecule has 6 heteroatoms. The third-order valence-corrected chi connectivity index (χ3v) is 4.61. The van der Waals surface area contributed by atoms with Gasteiger partial charge in [-0.15, -0.1) is 0 Å². The molecule has 0 fully saturated rings. The molecule has 3 rings (SSSR count). The summed E-state index contributed by atoms with van der Waals surface area (Å²) >= 11 is 3.43. The highest BCUT2D eigenvalue weighted by atomic mass is 79.9. The van der Waals surface area contributed by atoms with Crippen molar-refractivity contribution in [2.24, 2.45) is 7.05 Å². The minimum atomic E-state index is -0.487. The average molecular weight is 362 g/mol. The van der Waals surface area contributed by atoms with E-state index in [9.17, 15) is 9.59 Å². The van der Waals surface area contributed by atoms with Crippen LogP contribution in [0.15, 0.2) is 22.7 Å². The van der Waals surface area contributed by atoms with Gasteiger partial charge in [-0.3, -0.25) is 14.3 Å². The van der Waals surface area contributed by atoms with E-state index >= 15 is 0 Å². The van der Waals surface area contributed by atoms with Gasteiger partial charge in [-0.05, 0) is 44.0 Å². The third kappa shape index (κ3) is 2.27. The van der Waals surface area contributed by atoms with Crippen molar-refractivity contribution in [1.29, 1.82) is 0 Å². The lowest BCUT2D eigenvalue weighted by Crippen LogP contribution is -2.35. The Hall–Kier alpha value is -1.95. The average Bonchev–Trinajstić information content (AvgIpc) is 2.99. The topological polar surface area (TPSA) is 55.2 Å². The number of nitrogens with zero attached hydrogens (tertiary/aromatic N) is 3. The zero-order valence-corrected chi connectivity index (χ0v) is 14.3. The van der Waals surface area contributed by atoms with E-state index in [0.29, 0.717) is 23.5 Å². The lowest BCUT2D eigenvalue weighted by atomic mass is 10.1. The molecule has 2 aromatic rings. The molecule has 0 aliphatic carbocycles. The molecule has 1 aliphatic rings. The fourth-order valence-corrected chi connectivity index (χ4v) is 3.32. The van der Waals surface area contributed by atoms with Crippen LogP contribution in [0.5, 0.6) is 0 Å². The van der Waals surface area contributed by atoms with Crippen molar-refractivity contribution >= 4 is 33.3 Å². The lowest BCUT2D eigenvalue weighted by Gasteiger charge is -2.16. The number of aryl methyl sites for hydroxylation is 2. The SMILES string of the molecule is Cc1nn(C)c(C)c1C(=O)C(=O)N1CCc2cc(Br)ccc21. The molecule has 1 aromatic heterocycles. The van der Waals surface area contributed by atoms with Crippen molar-refractivity contribution in [1.82, 2.24) is 9.78 Å². The second kappa shape index (κ2) is 5.35. The van der Waals surface area contributed by atoms with Crippen LogP contribution in [0.25, 0.3) is 0 Å². The Morgan fingerprint density at radius 3 is 2.64 bits per heavy atom. The molecule has 0 N–H and O–H groups in total. The molecule has 1 aromatic carbocycles. The maximum Gasteiger partial charge on any atom is 0.299 e. The quantitative estimate of drug-likeness (QED) is 0.610. The van der Waals surface area contributed by atoms with Crippen LogP contribution in [0, 0.1) is 13.8 Å². The largest absolute Gasteiger partial charge is 0.305 e. The van der Waals surface area contributed by atoms with Gasteiger partial charge >= 0.3 is 0 Å². The molecule has 2 heterocycles. The first-order valence-corrected chi connectivity index (χ1v) is 7.84. The fourth-order valence-electron chi connectivity index (χ4n) is 2.91. The van der Waals surface area contributed by atoms with Gasteiger partial charge in [0.2, 0.25) is 0 Å². The van der Waals surface area contributed by atoms with Crippen LogP contribution in [-0.2, 0) is 18.3 Å². The highest BCUT2D eigenvalue weighted by molar-refractivity contribution is 9.10. The van der Waals surface area contributed by atoms with Crippen molar-refractivity contribution in [2.45, 2.75) is 20.3 Å². The molecule has 114 valence electrons. The van der Waals surface area contributed by atoms with E-state index in [0.717, 1.165) is 22.1 Å². The van der Waals surface area contributed by atoms with Crippen LogP contribution in [0.4, 0.5) is 5.69 Å². The number of carbonyl (C=O) groups excluding carboxylic acids is 2. The monoisotopic (exact) mass is 361 g/mol. The molecule has 0 saturated carbocycles. The number of Topliss-reactive ketones (excluding diaryl/α,β-unsaturated/α-hetero) is 1. The number of aromatic nitrogens is 2. The van der Waals surface area contributed by atoms with E-state index in [4.69, 9.17) is 0 Å². The molecular weight excluding hydrogens is 346 g/mol. The van der Waals surface area contributed by atoms with Gasteiger partial charge < -0.3 is 4.90 Å². The van der Waals surface area contributed by atoms with Crippen LogP contribution < -0.4 is 4.90 Å². The number of halogens is 1. The van der Waals surface area contributed by atoms with Crippen molar-refractivity contribution in [3.63, 3.8) is 0 Å². The van der Waals surface area contributed by atoms with Gasteiger partial charge in [0, 0.05) is 29.4 Å². The van der Waals surface area contributed by atoms with Crippen LogP contribution in [0.2, 0.25) is 0 Å². The molecule has 0 atom stereocenters. The minimum absolute atomic E-state index is 0.415. The summed E-state index contributed by atoms with van der Waals surface area (Å²) in [5.41, 5.74) is 3.62. The fraction of sp³-hybridized carbons (Fsp3) is 0.312. The van der Waals surface area contributed by atoms with Crippen LogP contribution >= 0.6 is 15.9 Å². The van der Waals surface area contributed by atoms with Gasteiger partial charge in [-0.2, -0.15) is 5.10 Å². The van der Waals surface area contributed by atoms with E-state index in [1.807, 2.05) is 18.2 Å². The van der Waals surface area contributed by atoms with Crippen molar-refractivity contribution in [3.8, 4) is 0 Å². The number of carbonyl (C=O) groups is 2. The summed E-state index contributed by atoms with van der Waals surface area (Å²) in [7, 11) is 1.77. The predicted octanol–water partition coefficient (Wildman–Crippen LogP) is 2.57. The third-order valence-electron chi connectivity index (χ3n) is 4.11. The summed E-state index contributed by atoms with van der Waals surface area (Å²) in [6.07, 6.45) is 0.763. The zero-order valence-electron chi connectivity index (χ0n) is 12.7. The lowest BCUT2D eigenvalue weighted by molar-refractivity contribution is -0.114. The van der Waals surface area contributed by atoms with E-state index in [1.165, 1.54) is 0 Å². The second-order valence-electron chi connectivity index (χ2n) is 5.48. The van der Waals surface area contributed by atoms with Gasteiger partial charge in [0.05, 0.1) is 11.3 Å². The second-order valence-corrected chi connectivity index (χ2v) is 6.39. The van der Waals surface area contributed by atoms with Gasteiger partial charge in [0.15, 0.2) is 0 Å². The number of amides is 1. The molecule has 0 radical (unpaired) electrons. The summed E-state index contributed by atoms with van der Waals surface area (Å²) in [5, 5.41) is 4.22. The first-order chi connectivity index (χ1) is 10.4. The van der Waals surface area contributed by atoms with Gasteiger partial charge in [0.1, 0.15) is 0 Å². The Labute approximate surface area is 137 Å². The molecule has 0 unspecified atom stereocenters. The highest BCUT2D eigenvalue weighted by Crippen LogP contribution is 2.31. The molecule has 1 amide bonds. The number of hydrogen-bond acceptors (Lipinski definition) is 3. The van der Waals surface area contributed by atoms with Crippen LogP contribution in [-0.4, -0.2) is 28.0 Å². The summed E-state index contributed by atoms with van der Waals surface area (Å²) in [4.78, 5) is 26.8. The Kier molecular flexibility index (Phi) is 3.64. The van der Waals surface area contributed by atoms with Crippen molar-refractivity contribution in [3.05, 3.63) is 45.2 Å². The van der Waals surface area contributed by atoms with E-state index in [-0.39, 0.29) is 0 Å². The minimum Gasteiger partial charge on any atom is -0.305 e. The molecule has 0 bridgehead atoms. The molecule has 5 nitrogen and oxygen atoms in total. The van der Waals surface area contributed by atoms with Gasteiger partial charge in [0.25, 0.3) is 11.7 Å². The summed E-state index contributed by atoms with van der Waals surface area (Å²) in [5.74, 6) is -0.973. The first kappa shape index (κ1) is 15.0.